The molecule has 5 heteroatoms. The molecular weight excluding hydrogens is 250 g/mol. The van der Waals surface area contributed by atoms with Gasteiger partial charge in [-0.3, -0.25) is 4.79 Å². The molecule has 0 aliphatic carbocycles. The van der Waals surface area contributed by atoms with Crippen LogP contribution in [-0.4, -0.2) is 37.0 Å². The first-order chi connectivity index (χ1) is 8.67. The standard InChI is InChI=1S/C13H19NO3S/c1-3-17-9-13(16)14-8-12(15)10-4-6-11(18-2)7-5-10/h4-7,12,15H,3,8-9H2,1-2H3,(H,14,16)/t12-/m0/s1. The number of aliphatic hydroxyl groups is 1. The third-order valence-corrected chi connectivity index (χ3v) is 3.17. The predicted octanol–water partition coefficient (Wildman–Crippen LogP) is 1.59. The Morgan fingerprint density at radius 2 is 2.11 bits per heavy atom. The van der Waals surface area contributed by atoms with E-state index in [4.69, 9.17) is 4.74 Å². The summed E-state index contributed by atoms with van der Waals surface area (Å²) in [6, 6.07) is 7.63. The molecule has 1 aromatic carbocycles. The highest BCUT2D eigenvalue weighted by atomic mass is 32.2. The molecule has 1 amide bonds. The van der Waals surface area contributed by atoms with Gasteiger partial charge in [0.2, 0.25) is 5.91 Å². The first kappa shape index (κ1) is 15.0. The molecule has 0 saturated carbocycles. The van der Waals surface area contributed by atoms with E-state index in [0.29, 0.717) is 6.61 Å². The van der Waals surface area contributed by atoms with Gasteiger partial charge in [0.05, 0.1) is 6.10 Å². The number of benzene rings is 1. The zero-order valence-corrected chi connectivity index (χ0v) is 11.5. The second kappa shape index (κ2) is 8.13. The predicted molar refractivity (Wildman–Crippen MR) is 72.7 cm³/mol. The lowest BCUT2D eigenvalue weighted by Crippen LogP contribution is -2.31. The molecule has 100 valence electrons. The number of aliphatic hydroxyl groups excluding tert-OH is 1. The molecule has 0 bridgehead atoms. The lowest BCUT2D eigenvalue weighted by Gasteiger charge is -2.12. The van der Waals surface area contributed by atoms with Crippen molar-refractivity contribution in [1.29, 1.82) is 0 Å². The minimum Gasteiger partial charge on any atom is -0.387 e. The van der Waals surface area contributed by atoms with Gasteiger partial charge in [0.25, 0.3) is 0 Å². The maximum Gasteiger partial charge on any atom is 0.246 e. The fourth-order valence-electron chi connectivity index (χ4n) is 1.40. The third kappa shape index (κ3) is 5.08. The minimum atomic E-state index is -0.688. The normalized spacial score (nSPS) is 12.2. The molecule has 0 unspecified atom stereocenters. The van der Waals surface area contributed by atoms with Gasteiger partial charge in [0, 0.05) is 18.0 Å². The van der Waals surface area contributed by atoms with E-state index in [0.717, 1.165) is 10.5 Å². The lowest BCUT2D eigenvalue weighted by atomic mass is 10.1. The number of ether oxygens (including phenoxy) is 1. The summed E-state index contributed by atoms with van der Waals surface area (Å²) in [5, 5.41) is 12.5. The van der Waals surface area contributed by atoms with Crippen LogP contribution < -0.4 is 5.32 Å². The van der Waals surface area contributed by atoms with Crippen molar-refractivity contribution in [2.45, 2.75) is 17.9 Å². The Morgan fingerprint density at radius 3 is 2.67 bits per heavy atom. The van der Waals surface area contributed by atoms with Crippen LogP contribution in [0.25, 0.3) is 0 Å². The molecule has 4 nitrogen and oxygen atoms in total. The summed E-state index contributed by atoms with van der Waals surface area (Å²) in [6.45, 7) is 2.57. The van der Waals surface area contributed by atoms with Gasteiger partial charge in [0.15, 0.2) is 0 Å². The minimum absolute atomic E-state index is 0.0363. The zero-order chi connectivity index (χ0) is 13.4. The Balaban J connectivity index is 2.39. The van der Waals surface area contributed by atoms with Gasteiger partial charge in [0.1, 0.15) is 6.61 Å². The second-order valence-corrected chi connectivity index (χ2v) is 4.61. The quantitative estimate of drug-likeness (QED) is 0.738. The highest BCUT2D eigenvalue weighted by molar-refractivity contribution is 7.98. The molecule has 0 radical (unpaired) electrons. The molecule has 0 saturated heterocycles. The molecule has 0 aliphatic heterocycles. The molecule has 0 heterocycles. The van der Waals surface area contributed by atoms with E-state index in [2.05, 4.69) is 5.32 Å². The number of carbonyl (C=O) groups is 1. The highest BCUT2D eigenvalue weighted by Crippen LogP contribution is 2.18. The molecule has 0 spiro atoms. The van der Waals surface area contributed by atoms with Crippen molar-refractivity contribution >= 4 is 17.7 Å². The Morgan fingerprint density at radius 1 is 1.44 bits per heavy atom. The Labute approximate surface area is 112 Å². The van der Waals surface area contributed by atoms with Crippen LogP contribution in [-0.2, 0) is 9.53 Å². The highest BCUT2D eigenvalue weighted by Gasteiger charge is 2.09. The van der Waals surface area contributed by atoms with E-state index in [9.17, 15) is 9.90 Å². The SMILES string of the molecule is CCOCC(=O)NC[C@H](O)c1ccc(SC)cc1. The molecule has 0 aliphatic rings. The summed E-state index contributed by atoms with van der Waals surface area (Å²) in [5.41, 5.74) is 0.796. The Hall–Kier alpha value is -1.04. The van der Waals surface area contributed by atoms with Crippen molar-refractivity contribution in [2.75, 3.05) is 26.0 Å². The van der Waals surface area contributed by atoms with Gasteiger partial charge < -0.3 is 15.2 Å². The van der Waals surface area contributed by atoms with Gasteiger partial charge in [-0.25, -0.2) is 0 Å². The molecule has 0 fully saturated rings. The number of hydrogen-bond acceptors (Lipinski definition) is 4. The van der Waals surface area contributed by atoms with Gasteiger partial charge >= 0.3 is 0 Å². The van der Waals surface area contributed by atoms with Crippen LogP contribution in [0.15, 0.2) is 29.2 Å². The maximum absolute atomic E-state index is 11.3. The fraction of sp³-hybridized carbons (Fsp3) is 0.462. The second-order valence-electron chi connectivity index (χ2n) is 3.73. The van der Waals surface area contributed by atoms with Gasteiger partial charge in [-0.2, -0.15) is 0 Å². The molecule has 1 aromatic rings. The molecule has 0 aromatic heterocycles. The number of carbonyl (C=O) groups excluding carboxylic acids is 1. The van der Waals surface area contributed by atoms with Gasteiger partial charge in [-0.1, -0.05) is 12.1 Å². The maximum atomic E-state index is 11.3. The number of hydrogen-bond donors (Lipinski definition) is 2. The van der Waals surface area contributed by atoms with E-state index in [1.54, 1.807) is 11.8 Å². The molecule has 1 atom stereocenters. The van der Waals surface area contributed by atoms with Crippen LogP contribution in [0, 0.1) is 0 Å². The van der Waals surface area contributed by atoms with E-state index < -0.39 is 6.10 Å². The monoisotopic (exact) mass is 269 g/mol. The molecular formula is C13H19NO3S. The fourth-order valence-corrected chi connectivity index (χ4v) is 1.81. The van der Waals surface area contributed by atoms with Crippen molar-refractivity contribution < 1.29 is 14.6 Å². The summed E-state index contributed by atoms with van der Waals surface area (Å²) >= 11 is 1.65. The largest absolute Gasteiger partial charge is 0.387 e. The molecule has 18 heavy (non-hydrogen) atoms. The molecule has 2 N–H and O–H groups in total. The average molecular weight is 269 g/mol. The third-order valence-electron chi connectivity index (χ3n) is 2.43. The number of rotatable bonds is 7. The zero-order valence-electron chi connectivity index (χ0n) is 10.7. The van der Waals surface area contributed by atoms with Gasteiger partial charge in [-0.05, 0) is 30.9 Å². The van der Waals surface area contributed by atoms with E-state index in [-0.39, 0.29) is 19.1 Å². The van der Waals surface area contributed by atoms with Crippen LogP contribution >= 0.6 is 11.8 Å². The number of amides is 1. The summed E-state index contributed by atoms with van der Waals surface area (Å²) in [4.78, 5) is 12.4. The average Bonchev–Trinajstić information content (AvgIpc) is 2.42. The summed E-state index contributed by atoms with van der Waals surface area (Å²) in [7, 11) is 0. The van der Waals surface area contributed by atoms with E-state index >= 15 is 0 Å². The number of thioether (sulfide) groups is 1. The van der Waals surface area contributed by atoms with Crippen molar-refractivity contribution in [1.82, 2.24) is 5.32 Å². The van der Waals surface area contributed by atoms with Crippen LogP contribution in [0.3, 0.4) is 0 Å². The summed E-state index contributed by atoms with van der Waals surface area (Å²) in [5.74, 6) is -0.211. The Kier molecular flexibility index (Phi) is 6.78. The first-order valence-corrected chi connectivity index (χ1v) is 7.06. The van der Waals surface area contributed by atoms with Crippen LogP contribution in [0.4, 0.5) is 0 Å². The van der Waals surface area contributed by atoms with Crippen molar-refractivity contribution in [3.63, 3.8) is 0 Å². The lowest BCUT2D eigenvalue weighted by molar-refractivity contribution is -0.126. The smallest absolute Gasteiger partial charge is 0.246 e. The first-order valence-electron chi connectivity index (χ1n) is 5.83. The van der Waals surface area contributed by atoms with Crippen molar-refractivity contribution in [3.8, 4) is 0 Å². The van der Waals surface area contributed by atoms with Crippen molar-refractivity contribution in [3.05, 3.63) is 29.8 Å². The van der Waals surface area contributed by atoms with Crippen molar-refractivity contribution in [2.24, 2.45) is 0 Å². The van der Waals surface area contributed by atoms with E-state index in [1.807, 2.05) is 37.4 Å². The van der Waals surface area contributed by atoms with Crippen LogP contribution in [0.5, 0.6) is 0 Å². The van der Waals surface area contributed by atoms with Crippen LogP contribution in [0.1, 0.15) is 18.6 Å². The van der Waals surface area contributed by atoms with E-state index in [1.165, 1.54) is 0 Å². The topological polar surface area (TPSA) is 58.6 Å². The van der Waals surface area contributed by atoms with Gasteiger partial charge in [-0.15, -0.1) is 11.8 Å². The van der Waals surface area contributed by atoms with Crippen LogP contribution in [0.2, 0.25) is 0 Å². The molecule has 1 rings (SSSR count). The Bertz CT molecular complexity index is 367. The summed E-state index contributed by atoms with van der Waals surface area (Å²) < 4.78 is 4.97. The number of nitrogens with one attached hydrogen (secondary N) is 1. The summed E-state index contributed by atoms with van der Waals surface area (Å²) in [6.07, 6.45) is 1.31.